The molecule has 3 rings (SSSR count). The van der Waals surface area contributed by atoms with Crippen LogP contribution in [-0.2, 0) is 9.47 Å². The molecule has 0 aromatic rings. The van der Waals surface area contributed by atoms with Gasteiger partial charge in [0.2, 0.25) is 5.71 Å². The van der Waals surface area contributed by atoms with Crippen LogP contribution in [0.15, 0.2) is 52.6 Å². The number of ether oxygens (including phenoxy) is 2. The van der Waals surface area contributed by atoms with Crippen molar-refractivity contribution in [3.63, 3.8) is 0 Å². The van der Waals surface area contributed by atoms with E-state index in [1.807, 2.05) is 25.1 Å². The lowest BCUT2D eigenvalue weighted by molar-refractivity contribution is -0.114. The lowest BCUT2D eigenvalue weighted by atomic mass is 9.99. The summed E-state index contributed by atoms with van der Waals surface area (Å²) in [5.74, 6) is 1.33. The average Bonchev–Trinajstić information content (AvgIpc) is 2.43. The first-order valence-electron chi connectivity index (χ1n) is 6.51. The van der Waals surface area contributed by atoms with Gasteiger partial charge in [0, 0.05) is 25.9 Å². The molecule has 104 valence electrons. The topological polar surface area (TPSA) is 59.7 Å². The van der Waals surface area contributed by atoms with Crippen LogP contribution in [-0.4, -0.2) is 49.7 Å². The fourth-order valence-corrected chi connectivity index (χ4v) is 2.39. The molecule has 2 atom stereocenters. The Morgan fingerprint density at radius 3 is 2.85 bits per heavy atom. The molecule has 0 saturated heterocycles. The molecule has 2 aliphatic carbocycles. The fourth-order valence-electron chi connectivity index (χ4n) is 2.39. The maximum Gasteiger partial charge on any atom is 0.242 e. The molecule has 0 aromatic heterocycles. The van der Waals surface area contributed by atoms with Crippen molar-refractivity contribution in [2.45, 2.75) is 12.1 Å². The van der Waals surface area contributed by atoms with E-state index in [9.17, 15) is 0 Å². The van der Waals surface area contributed by atoms with Crippen molar-refractivity contribution in [2.24, 2.45) is 4.99 Å². The molecule has 20 heavy (non-hydrogen) atoms. The molecule has 0 aromatic carbocycles. The van der Waals surface area contributed by atoms with Gasteiger partial charge in [0.05, 0.1) is 13.2 Å². The van der Waals surface area contributed by atoms with E-state index in [1.54, 1.807) is 13.2 Å². The molecule has 0 fully saturated rings. The van der Waals surface area contributed by atoms with Crippen molar-refractivity contribution >= 4 is 11.4 Å². The van der Waals surface area contributed by atoms with Crippen LogP contribution in [0.1, 0.15) is 0 Å². The van der Waals surface area contributed by atoms with Crippen LogP contribution < -0.4 is 5.41 Å². The van der Waals surface area contributed by atoms with Crippen molar-refractivity contribution in [1.29, 1.82) is 0 Å². The van der Waals surface area contributed by atoms with Crippen molar-refractivity contribution in [3.8, 4) is 0 Å². The first-order valence-corrected chi connectivity index (χ1v) is 6.51. The molecule has 0 amide bonds. The van der Waals surface area contributed by atoms with E-state index < -0.39 is 0 Å². The third-order valence-corrected chi connectivity index (χ3v) is 3.51. The second-order valence-electron chi connectivity index (χ2n) is 5.11. The van der Waals surface area contributed by atoms with Crippen LogP contribution in [0.2, 0.25) is 0 Å². The Morgan fingerprint density at radius 1 is 1.35 bits per heavy atom. The Bertz CT molecular complexity index is 609. The Balaban J connectivity index is 1.94. The highest BCUT2D eigenvalue weighted by Gasteiger charge is 2.32. The normalized spacial score (nSPS) is 27.2. The number of nitrogens with two attached hydrogens (primary N) is 1. The zero-order chi connectivity index (χ0) is 14.3. The third-order valence-electron chi connectivity index (χ3n) is 3.51. The zero-order valence-corrected chi connectivity index (χ0v) is 11.8. The highest BCUT2D eigenvalue weighted by atomic mass is 16.5. The van der Waals surface area contributed by atoms with Gasteiger partial charge in [0.25, 0.3) is 0 Å². The Hall–Kier alpha value is -2.30. The molecule has 5 nitrogen and oxygen atoms in total. The van der Waals surface area contributed by atoms with E-state index in [2.05, 4.69) is 18.2 Å². The van der Waals surface area contributed by atoms with Gasteiger partial charge in [-0.25, -0.2) is 0 Å². The number of nitrogens with zero attached hydrogens (tertiary/aromatic N) is 2. The molecule has 2 unspecified atom stereocenters. The zero-order valence-electron chi connectivity index (χ0n) is 11.8. The second-order valence-corrected chi connectivity index (χ2v) is 5.11. The van der Waals surface area contributed by atoms with E-state index in [0.717, 1.165) is 11.4 Å². The number of aliphatic imine (C=N–C) groups is 1. The number of hydrogen-bond donors (Lipinski definition) is 1. The van der Waals surface area contributed by atoms with Crippen LogP contribution in [0.25, 0.3) is 0 Å². The predicted octanol–water partition coefficient (Wildman–Crippen LogP) is -0.162. The maximum atomic E-state index is 6.01. The Labute approximate surface area is 118 Å². The summed E-state index contributed by atoms with van der Waals surface area (Å²) < 4.78 is 11.2. The van der Waals surface area contributed by atoms with Crippen molar-refractivity contribution in [1.82, 2.24) is 4.90 Å². The van der Waals surface area contributed by atoms with Crippen molar-refractivity contribution in [2.75, 3.05) is 21.2 Å². The van der Waals surface area contributed by atoms with E-state index in [-0.39, 0.29) is 12.1 Å². The molecule has 0 spiro atoms. The molecule has 3 aliphatic rings. The lowest BCUT2D eigenvalue weighted by Crippen LogP contribution is -2.43. The maximum absolute atomic E-state index is 6.01. The molecule has 0 radical (unpaired) electrons. The highest BCUT2D eigenvalue weighted by Crippen LogP contribution is 2.28. The molecule has 0 saturated carbocycles. The first-order chi connectivity index (χ1) is 9.58. The summed E-state index contributed by atoms with van der Waals surface area (Å²) >= 11 is 0. The molecular weight excluding hydrogens is 254 g/mol. The third kappa shape index (κ3) is 2.05. The minimum atomic E-state index is -0.0855. The van der Waals surface area contributed by atoms with Crippen LogP contribution in [0.5, 0.6) is 0 Å². The minimum absolute atomic E-state index is 0.000435. The van der Waals surface area contributed by atoms with Gasteiger partial charge in [-0.2, -0.15) is 0 Å². The van der Waals surface area contributed by atoms with Gasteiger partial charge >= 0.3 is 0 Å². The summed E-state index contributed by atoms with van der Waals surface area (Å²) in [5, 5.41) is 5.91. The van der Waals surface area contributed by atoms with Gasteiger partial charge in [-0.05, 0) is 12.2 Å². The molecule has 5 heteroatoms. The molecule has 0 bridgehead atoms. The van der Waals surface area contributed by atoms with E-state index in [1.165, 1.54) is 0 Å². The van der Waals surface area contributed by atoms with E-state index in [4.69, 9.17) is 19.9 Å². The predicted molar refractivity (Wildman–Crippen MR) is 77.1 cm³/mol. The largest absolute Gasteiger partial charge is 0.490 e. The van der Waals surface area contributed by atoms with Crippen molar-refractivity contribution < 1.29 is 14.9 Å². The average molecular weight is 272 g/mol. The smallest absolute Gasteiger partial charge is 0.242 e. The Morgan fingerprint density at radius 2 is 2.15 bits per heavy atom. The SMILES string of the molecule is COC1=CC2=NC3C=CC(N(C)C)=CC3OC2=CC1=[NH2+]. The highest BCUT2D eigenvalue weighted by molar-refractivity contribution is 6.20. The van der Waals surface area contributed by atoms with Gasteiger partial charge < -0.3 is 14.4 Å². The summed E-state index contributed by atoms with van der Waals surface area (Å²) in [7, 11) is 5.61. The minimum Gasteiger partial charge on any atom is -0.490 e. The number of fused-ring (bicyclic) bond motifs is 2. The van der Waals surface area contributed by atoms with Gasteiger partial charge in [-0.15, -0.1) is 0 Å². The van der Waals surface area contributed by atoms with Crippen LogP contribution >= 0.6 is 0 Å². The quantitative estimate of drug-likeness (QED) is 0.711. The monoisotopic (exact) mass is 272 g/mol. The lowest BCUT2D eigenvalue weighted by Gasteiger charge is -2.32. The van der Waals surface area contributed by atoms with Crippen molar-refractivity contribution in [3.05, 3.63) is 47.6 Å². The number of methoxy groups -OCH3 is 1. The number of hydrogen-bond acceptors (Lipinski definition) is 4. The van der Waals surface area contributed by atoms with Gasteiger partial charge in [0.1, 0.15) is 17.9 Å². The number of allylic oxidation sites excluding steroid dienone is 3. The molecule has 2 N–H and O–H groups in total. The van der Waals surface area contributed by atoms with Gasteiger partial charge in [-0.1, -0.05) is 6.08 Å². The molecule has 1 aliphatic heterocycles. The summed E-state index contributed by atoms with van der Waals surface area (Å²) in [4.78, 5) is 6.75. The summed E-state index contributed by atoms with van der Waals surface area (Å²) in [6.45, 7) is 0. The van der Waals surface area contributed by atoms with Crippen LogP contribution in [0, 0.1) is 0 Å². The second kappa shape index (κ2) is 4.67. The molecule has 1 heterocycles. The van der Waals surface area contributed by atoms with E-state index in [0.29, 0.717) is 17.2 Å². The number of likely N-dealkylation sites (N-methyl/N-ethyl adjacent to an activating group) is 1. The molecular formula is C15H18N3O2+. The summed E-state index contributed by atoms with van der Waals surface area (Å²) in [5.41, 5.74) is 2.46. The number of rotatable bonds is 2. The summed E-state index contributed by atoms with van der Waals surface area (Å²) in [6.07, 6.45) is 9.71. The van der Waals surface area contributed by atoms with E-state index >= 15 is 0 Å². The fraction of sp³-hybridized carbons (Fsp3) is 0.333. The Kier molecular flexibility index (Phi) is 2.97. The van der Waals surface area contributed by atoms with Gasteiger partial charge in [0.15, 0.2) is 11.5 Å². The first kappa shape index (κ1) is 12.7. The van der Waals surface area contributed by atoms with Crippen LogP contribution in [0.4, 0.5) is 0 Å². The van der Waals surface area contributed by atoms with Crippen LogP contribution in [0.3, 0.4) is 0 Å². The standard InChI is InChI=1S/C15H17N3O2/c1-18(2)9-4-5-11-14(6-9)20-15-7-10(16)13(19-3)8-12(15)17-11/h4-8,11,14,16H,1-3H3/p+1. The van der Waals surface area contributed by atoms with Gasteiger partial charge in [-0.3, -0.25) is 10.4 Å². The summed E-state index contributed by atoms with van der Waals surface area (Å²) in [6, 6.07) is -0.000435.